The maximum Gasteiger partial charge on any atom is 0.255 e. The highest BCUT2D eigenvalue weighted by molar-refractivity contribution is 6.04. The number of carbonyl (C=O) groups excluding carboxylic acids is 2. The average Bonchev–Trinajstić information content (AvgIpc) is 2.42. The second kappa shape index (κ2) is 5.57. The van der Waals surface area contributed by atoms with E-state index in [0.29, 0.717) is 22.4 Å². The molecular weight excluding hydrogens is 254 g/mol. The predicted octanol–water partition coefficient (Wildman–Crippen LogP) is 3.16. The maximum atomic E-state index is 12.0. The largest absolute Gasteiger partial charge is 0.508 e. The van der Waals surface area contributed by atoms with Gasteiger partial charge in [0.05, 0.1) is 0 Å². The van der Waals surface area contributed by atoms with Gasteiger partial charge in [0.15, 0.2) is 5.78 Å². The Morgan fingerprint density at radius 2 is 1.60 bits per heavy atom. The molecule has 0 fully saturated rings. The van der Waals surface area contributed by atoms with Crippen molar-refractivity contribution in [2.75, 3.05) is 5.32 Å². The number of benzene rings is 2. The van der Waals surface area contributed by atoms with E-state index in [9.17, 15) is 14.7 Å². The minimum Gasteiger partial charge on any atom is -0.508 e. The Hall–Kier alpha value is -2.62. The fraction of sp³-hybridized carbons (Fsp3) is 0.125. The maximum absolute atomic E-state index is 12.0. The van der Waals surface area contributed by atoms with Crippen LogP contribution in [0.3, 0.4) is 0 Å². The van der Waals surface area contributed by atoms with Gasteiger partial charge in [-0.3, -0.25) is 9.59 Å². The number of aryl methyl sites for hydroxylation is 1. The van der Waals surface area contributed by atoms with Crippen LogP contribution in [0.25, 0.3) is 0 Å². The summed E-state index contributed by atoms with van der Waals surface area (Å²) in [5.41, 5.74) is 2.28. The number of phenolic OH excluding ortho intramolecular Hbond substituents is 1. The first kappa shape index (κ1) is 13.8. The Bertz CT molecular complexity index is 660. The van der Waals surface area contributed by atoms with Crippen LogP contribution in [0.15, 0.2) is 42.5 Å². The van der Waals surface area contributed by atoms with Crippen molar-refractivity contribution >= 4 is 17.4 Å². The van der Waals surface area contributed by atoms with Crippen molar-refractivity contribution in [1.82, 2.24) is 0 Å². The number of aromatic hydroxyl groups is 1. The van der Waals surface area contributed by atoms with Gasteiger partial charge in [0, 0.05) is 16.8 Å². The molecule has 0 bridgehead atoms. The third-order valence-corrected chi connectivity index (χ3v) is 3.02. The van der Waals surface area contributed by atoms with Gasteiger partial charge in [-0.1, -0.05) is 6.07 Å². The van der Waals surface area contributed by atoms with Crippen LogP contribution < -0.4 is 5.32 Å². The molecule has 0 aliphatic rings. The molecule has 0 unspecified atom stereocenters. The van der Waals surface area contributed by atoms with Gasteiger partial charge in [-0.25, -0.2) is 0 Å². The number of amides is 1. The molecule has 0 radical (unpaired) electrons. The van der Waals surface area contributed by atoms with Crippen molar-refractivity contribution in [3.63, 3.8) is 0 Å². The van der Waals surface area contributed by atoms with Crippen LogP contribution in [0.1, 0.15) is 33.2 Å². The lowest BCUT2D eigenvalue weighted by Gasteiger charge is -2.07. The third kappa shape index (κ3) is 3.03. The van der Waals surface area contributed by atoms with Crippen molar-refractivity contribution in [3.05, 3.63) is 59.2 Å². The highest BCUT2D eigenvalue weighted by Gasteiger charge is 2.08. The number of carbonyl (C=O) groups is 2. The number of ketones is 1. The van der Waals surface area contributed by atoms with Crippen LogP contribution in [0.4, 0.5) is 5.69 Å². The molecule has 0 aliphatic carbocycles. The van der Waals surface area contributed by atoms with Gasteiger partial charge < -0.3 is 10.4 Å². The summed E-state index contributed by atoms with van der Waals surface area (Å²) in [4.78, 5) is 23.2. The second-order valence-electron chi connectivity index (χ2n) is 4.59. The van der Waals surface area contributed by atoms with Crippen molar-refractivity contribution in [2.24, 2.45) is 0 Å². The molecule has 4 nitrogen and oxygen atoms in total. The molecule has 0 saturated carbocycles. The molecule has 0 saturated heterocycles. The minimum absolute atomic E-state index is 0.0219. The highest BCUT2D eigenvalue weighted by Crippen LogP contribution is 2.18. The SMILES string of the molecule is CC(=O)c1ccc(NC(=O)c2ccc(C)c(O)c2)cc1. The molecule has 1 amide bonds. The summed E-state index contributed by atoms with van der Waals surface area (Å²) in [5, 5.41) is 12.3. The molecule has 2 N–H and O–H groups in total. The van der Waals surface area contributed by atoms with Gasteiger partial charge in [0.1, 0.15) is 5.75 Å². The lowest BCUT2D eigenvalue weighted by atomic mass is 10.1. The van der Waals surface area contributed by atoms with E-state index in [1.807, 2.05) is 0 Å². The first-order valence-corrected chi connectivity index (χ1v) is 6.19. The molecule has 0 aliphatic heterocycles. The number of rotatable bonds is 3. The molecule has 2 rings (SSSR count). The molecule has 102 valence electrons. The summed E-state index contributed by atoms with van der Waals surface area (Å²) in [5.74, 6) is -0.244. The number of hydrogen-bond donors (Lipinski definition) is 2. The number of hydrogen-bond acceptors (Lipinski definition) is 3. The third-order valence-electron chi connectivity index (χ3n) is 3.02. The topological polar surface area (TPSA) is 66.4 Å². The smallest absolute Gasteiger partial charge is 0.255 e. The zero-order valence-electron chi connectivity index (χ0n) is 11.3. The number of anilines is 1. The molecule has 0 spiro atoms. The van der Waals surface area contributed by atoms with Gasteiger partial charge in [0.2, 0.25) is 0 Å². The fourth-order valence-electron chi connectivity index (χ4n) is 1.74. The minimum atomic E-state index is -0.309. The quantitative estimate of drug-likeness (QED) is 0.841. The van der Waals surface area contributed by atoms with E-state index < -0.39 is 0 Å². The fourth-order valence-corrected chi connectivity index (χ4v) is 1.74. The Kier molecular flexibility index (Phi) is 3.84. The van der Waals surface area contributed by atoms with Crippen molar-refractivity contribution in [1.29, 1.82) is 0 Å². The van der Waals surface area contributed by atoms with E-state index in [2.05, 4.69) is 5.32 Å². The van der Waals surface area contributed by atoms with Gasteiger partial charge in [0.25, 0.3) is 5.91 Å². The van der Waals surface area contributed by atoms with Crippen molar-refractivity contribution < 1.29 is 14.7 Å². The normalized spacial score (nSPS) is 10.1. The van der Waals surface area contributed by atoms with E-state index in [4.69, 9.17) is 0 Å². The number of nitrogens with one attached hydrogen (secondary N) is 1. The Morgan fingerprint density at radius 1 is 1.00 bits per heavy atom. The van der Waals surface area contributed by atoms with Gasteiger partial charge in [-0.2, -0.15) is 0 Å². The monoisotopic (exact) mass is 269 g/mol. The van der Waals surface area contributed by atoms with Crippen LogP contribution in [0.5, 0.6) is 5.75 Å². The summed E-state index contributed by atoms with van der Waals surface area (Å²) in [6.07, 6.45) is 0. The first-order valence-electron chi connectivity index (χ1n) is 6.19. The molecular formula is C16H15NO3. The number of Topliss-reactive ketones (excluding diaryl/α,β-unsaturated/α-hetero) is 1. The summed E-state index contributed by atoms with van der Waals surface area (Å²) in [7, 11) is 0. The Labute approximate surface area is 117 Å². The van der Waals surface area contributed by atoms with Crippen molar-refractivity contribution in [3.8, 4) is 5.75 Å². The second-order valence-corrected chi connectivity index (χ2v) is 4.59. The molecule has 0 atom stereocenters. The van der Waals surface area contributed by atoms with Crippen LogP contribution in [0, 0.1) is 6.92 Å². The average molecular weight is 269 g/mol. The molecule has 2 aromatic rings. The lowest BCUT2D eigenvalue weighted by molar-refractivity contribution is 0.101. The van der Waals surface area contributed by atoms with E-state index in [0.717, 1.165) is 0 Å². The standard InChI is InChI=1S/C16H15NO3/c1-10-3-4-13(9-15(10)19)16(20)17-14-7-5-12(6-8-14)11(2)18/h3-9,19H,1-2H3,(H,17,20). The van der Waals surface area contributed by atoms with Gasteiger partial charge >= 0.3 is 0 Å². The molecule has 0 aromatic heterocycles. The molecule has 20 heavy (non-hydrogen) atoms. The van der Waals surface area contributed by atoms with Crippen LogP contribution in [-0.4, -0.2) is 16.8 Å². The summed E-state index contributed by atoms with van der Waals surface area (Å²) >= 11 is 0. The van der Waals surface area contributed by atoms with Crippen LogP contribution >= 0.6 is 0 Å². The van der Waals surface area contributed by atoms with E-state index in [-0.39, 0.29) is 17.4 Å². The zero-order chi connectivity index (χ0) is 14.7. The van der Waals surface area contributed by atoms with E-state index >= 15 is 0 Å². The lowest BCUT2D eigenvalue weighted by Crippen LogP contribution is -2.11. The van der Waals surface area contributed by atoms with E-state index in [1.165, 1.54) is 13.0 Å². The molecule has 4 heteroatoms. The summed E-state index contributed by atoms with van der Waals surface area (Å²) < 4.78 is 0. The van der Waals surface area contributed by atoms with Gasteiger partial charge in [-0.05, 0) is 55.8 Å². The van der Waals surface area contributed by atoms with Gasteiger partial charge in [-0.15, -0.1) is 0 Å². The predicted molar refractivity (Wildman–Crippen MR) is 77.2 cm³/mol. The first-order chi connectivity index (χ1) is 9.47. The van der Waals surface area contributed by atoms with E-state index in [1.54, 1.807) is 43.3 Å². The Morgan fingerprint density at radius 3 is 2.15 bits per heavy atom. The number of phenols is 1. The molecule has 2 aromatic carbocycles. The summed E-state index contributed by atoms with van der Waals surface area (Å²) in [6.45, 7) is 3.25. The van der Waals surface area contributed by atoms with Crippen LogP contribution in [-0.2, 0) is 0 Å². The highest BCUT2D eigenvalue weighted by atomic mass is 16.3. The van der Waals surface area contributed by atoms with Crippen molar-refractivity contribution in [2.45, 2.75) is 13.8 Å². The van der Waals surface area contributed by atoms with Crippen LogP contribution in [0.2, 0.25) is 0 Å². The summed E-state index contributed by atoms with van der Waals surface area (Å²) in [6, 6.07) is 11.4. The molecule has 0 heterocycles. The zero-order valence-corrected chi connectivity index (χ0v) is 11.3. The Balaban J connectivity index is 2.14.